The number of anilines is 2. The lowest BCUT2D eigenvalue weighted by Gasteiger charge is -2.35. The van der Waals surface area contributed by atoms with E-state index in [0.29, 0.717) is 10.6 Å². The van der Waals surface area contributed by atoms with Crippen LogP contribution in [0.5, 0.6) is 0 Å². The highest BCUT2D eigenvalue weighted by atomic mass is 32.1. The maximum atomic E-state index is 12.9. The number of amides is 1. The number of aryl methyl sites for hydroxylation is 1. The maximum absolute atomic E-state index is 12.9. The minimum absolute atomic E-state index is 0.00561. The molecule has 0 atom stereocenters. The Morgan fingerprint density at radius 1 is 1.08 bits per heavy atom. The molecule has 5 heterocycles. The quantitative estimate of drug-likeness (QED) is 0.383. The first-order chi connectivity index (χ1) is 18.2. The summed E-state index contributed by atoms with van der Waals surface area (Å²) in [4.78, 5) is 28.5. The number of pyridine rings is 2. The van der Waals surface area contributed by atoms with Gasteiger partial charge in [0.2, 0.25) is 0 Å². The van der Waals surface area contributed by atoms with Gasteiger partial charge in [-0.25, -0.2) is 4.68 Å². The number of hydrogen-bond acceptors (Lipinski definition) is 8. The number of aromatic nitrogens is 5. The van der Waals surface area contributed by atoms with Gasteiger partial charge >= 0.3 is 0 Å². The fourth-order valence-corrected chi connectivity index (χ4v) is 5.41. The topological polar surface area (TPSA) is 92.1 Å². The van der Waals surface area contributed by atoms with Crippen molar-refractivity contribution in [3.8, 4) is 16.9 Å². The predicted octanol–water partition coefficient (Wildman–Crippen LogP) is 4.79. The van der Waals surface area contributed by atoms with Gasteiger partial charge in [-0.15, -0.1) is 16.4 Å². The van der Waals surface area contributed by atoms with E-state index in [-0.39, 0.29) is 11.3 Å². The van der Waals surface area contributed by atoms with Crippen LogP contribution >= 0.6 is 11.3 Å². The zero-order chi connectivity index (χ0) is 26.9. The van der Waals surface area contributed by atoms with E-state index in [2.05, 4.69) is 69.2 Å². The van der Waals surface area contributed by atoms with Crippen molar-refractivity contribution in [3.05, 3.63) is 64.5 Å². The van der Waals surface area contributed by atoms with Crippen molar-refractivity contribution in [2.24, 2.45) is 0 Å². The number of carbonyl (C=O) groups is 1. The molecule has 1 N–H and O–H groups in total. The van der Waals surface area contributed by atoms with Gasteiger partial charge in [-0.05, 0) is 43.1 Å². The third-order valence-electron chi connectivity index (χ3n) is 6.83. The molecule has 0 spiro atoms. The first kappa shape index (κ1) is 26.0. The van der Waals surface area contributed by atoms with Crippen LogP contribution in [-0.2, 0) is 5.41 Å². The molecular formula is C28H34N8OS. The summed E-state index contributed by atoms with van der Waals surface area (Å²) in [7, 11) is 0. The summed E-state index contributed by atoms with van der Waals surface area (Å²) in [6.45, 7) is 15.7. The second-order valence-electron chi connectivity index (χ2n) is 10.6. The molecule has 1 aliphatic heterocycles. The molecule has 198 valence electrons. The number of piperazine rings is 1. The zero-order valence-electron chi connectivity index (χ0n) is 22.6. The van der Waals surface area contributed by atoms with Crippen LogP contribution in [0.25, 0.3) is 16.9 Å². The zero-order valence-corrected chi connectivity index (χ0v) is 23.4. The average molecular weight is 531 g/mol. The van der Waals surface area contributed by atoms with E-state index in [9.17, 15) is 4.79 Å². The first-order valence-corrected chi connectivity index (χ1v) is 13.8. The van der Waals surface area contributed by atoms with Crippen LogP contribution in [0.1, 0.15) is 47.9 Å². The van der Waals surface area contributed by atoms with Crippen molar-refractivity contribution in [3.63, 3.8) is 0 Å². The van der Waals surface area contributed by atoms with Crippen molar-refractivity contribution >= 4 is 28.6 Å². The number of nitrogens with one attached hydrogen (secondary N) is 1. The molecule has 0 aromatic carbocycles. The Balaban J connectivity index is 1.33. The maximum Gasteiger partial charge on any atom is 0.265 e. The van der Waals surface area contributed by atoms with Gasteiger partial charge in [-0.3, -0.25) is 14.8 Å². The first-order valence-electron chi connectivity index (χ1n) is 12.9. The Morgan fingerprint density at radius 3 is 2.58 bits per heavy atom. The molecule has 1 aliphatic rings. The van der Waals surface area contributed by atoms with Gasteiger partial charge in [0.25, 0.3) is 5.91 Å². The van der Waals surface area contributed by atoms with Crippen LogP contribution < -0.4 is 10.2 Å². The van der Waals surface area contributed by atoms with Gasteiger partial charge in [0.05, 0.1) is 46.2 Å². The molecule has 4 aromatic heterocycles. The van der Waals surface area contributed by atoms with Crippen molar-refractivity contribution in [2.75, 3.05) is 42.9 Å². The number of hydrogen-bond donors (Lipinski definition) is 1. The van der Waals surface area contributed by atoms with E-state index in [0.717, 1.165) is 61.0 Å². The van der Waals surface area contributed by atoms with Crippen molar-refractivity contribution in [1.82, 2.24) is 29.9 Å². The van der Waals surface area contributed by atoms with Gasteiger partial charge < -0.3 is 15.1 Å². The lowest BCUT2D eigenvalue weighted by atomic mass is 9.95. The third kappa shape index (κ3) is 5.61. The highest BCUT2D eigenvalue weighted by Crippen LogP contribution is 2.30. The summed E-state index contributed by atoms with van der Waals surface area (Å²) < 4.78 is 1.70. The molecule has 10 heteroatoms. The highest BCUT2D eigenvalue weighted by molar-refractivity contribution is 7.14. The number of nitrogens with zero attached hydrogens (tertiary/aromatic N) is 7. The van der Waals surface area contributed by atoms with Crippen LogP contribution in [0.2, 0.25) is 0 Å². The summed E-state index contributed by atoms with van der Waals surface area (Å²) in [5.74, 6) is -0.149. The number of likely N-dealkylation sites (N-methyl/N-ethyl adjacent to an activating group) is 1. The molecule has 0 saturated carbocycles. The Labute approximate surface area is 227 Å². The summed E-state index contributed by atoms with van der Waals surface area (Å²) >= 11 is 1.51. The Bertz CT molecular complexity index is 1430. The molecule has 1 amide bonds. The fourth-order valence-electron chi connectivity index (χ4n) is 4.45. The van der Waals surface area contributed by atoms with Crippen LogP contribution in [-0.4, -0.2) is 68.5 Å². The molecule has 9 nitrogen and oxygen atoms in total. The summed E-state index contributed by atoms with van der Waals surface area (Å²) in [6.07, 6.45) is 7.27. The van der Waals surface area contributed by atoms with E-state index < -0.39 is 0 Å². The summed E-state index contributed by atoms with van der Waals surface area (Å²) in [6, 6.07) is 7.89. The molecule has 0 unspecified atom stereocenters. The van der Waals surface area contributed by atoms with E-state index in [4.69, 9.17) is 0 Å². The molecule has 0 radical (unpaired) electrons. The van der Waals surface area contributed by atoms with Gasteiger partial charge in [0.15, 0.2) is 0 Å². The Kier molecular flexibility index (Phi) is 7.27. The molecular weight excluding hydrogens is 496 g/mol. The van der Waals surface area contributed by atoms with Gasteiger partial charge in [0, 0.05) is 42.8 Å². The molecule has 1 saturated heterocycles. The SMILES string of the molecule is CCN1CCN(c2cncc(-c3cn(-c4cc(NC(=O)c5ccc(C(C)(C)C)s5)cnc4C)nn3)c2)CC1. The average Bonchev–Trinajstić information content (AvgIpc) is 3.61. The fraction of sp³-hybridized carbons (Fsp3) is 0.393. The van der Waals surface area contributed by atoms with Crippen molar-refractivity contribution < 1.29 is 4.79 Å². The van der Waals surface area contributed by atoms with E-state index in [1.807, 2.05) is 43.7 Å². The minimum Gasteiger partial charge on any atom is -0.368 e. The predicted molar refractivity (Wildman–Crippen MR) is 152 cm³/mol. The monoisotopic (exact) mass is 530 g/mol. The normalized spacial score (nSPS) is 14.6. The van der Waals surface area contributed by atoms with Crippen molar-refractivity contribution in [1.29, 1.82) is 0 Å². The van der Waals surface area contributed by atoms with Crippen molar-refractivity contribution in [2.45, 2.75) is 40.0 Å². The van der Waals surface area contributed by atoms with Gasteiger partial charge in [-0.1, -0.05) is 32.9 Å². The lowest BCUT2D eigenvalue weighted by Crippen LogP contribution is -2.46. The molecule has 4 aromatic rings. The molecule has 1 fully saturated rings. The van der Waals surface area contributed by atoms with Gasteiger partial charge in [0.1, 0.15) is 5.69 Å². The molecule has 0 aliphatic carbocycles. The summed E-state index contributed by atoms with van der Waals surface area (Å²) in [5.41, 5.74) is 4.88. The van der Waals surface area contributed by atoms with Gasteiger partial charge in [-0.2, -0.15) is 0 Å². The minimum atomic E-state index is -0.149. The largest absolute Gasteiger partial charge is 0.368 e. The van der Waals surface area contributed by atoms with Crippen LogP contribution in [0.4, 0.5) is 11.4 Å². The van der Waals surface area contributed by atoms with Crippen LogP contribution in [0, 0.1) is 6.92 Å². The van der Waals surface area contributed by atoms with Crippen LogP contribution in [0.15, 0.2) is 49.1 Å². The van der Waals surface area contributed by atoms with E-state index in [1.165, 1.54) is 16.2 Å². The van der Waals surface area contributed by atoms with E-state index in [1.54, 1.807) is 10.9 Å². The third-order valence-corrected chi connectivity index (χ3v) is 8.34. The van der Waals surface area contributed by atoms with E-state index >= 15 is 0 Å². The lowest BCUT2D eigenvalue weighted by molar-refractivity contribution is 0.103. The number of rotatable bonds is 6. The van der Waals surface area contributed by atoms with Crippen LogP contribution in [0.3, 0.4) is 0 Å². The second kappa shape index (κ2) is 10.6. The molecule has 0 bridgehead atoms. The number of carbonyl (C=O) groups excluding carboxylic acids is 1. The standard InChI is InChI=1S/C28H34N8OS/c1-6-34-9-11-35(12-10-34)22-13-20(15-29-17-22)23-18-36(33-32-23)24-14-21(16-30-19(24)2)31-27(37)25-7-8-26(38-25)28(3,4)5/h7-8,13-18H,6,9-12H2,1-5H3,(H,31,37). The Hall–Kier alpha value is -3.63. The Morgan fingerprint density at radius 2 is 1.87 bits per heavy atom. The highest BCUT2D eigenvalue weighted by Gasteiger charge is 2.20. The smallest absolute Gasteiger partial charge is 0.265 e. The summed E-state index contributed by atoms with van der Waals surface area (Å²) in [5, 5.41) is 11.8. The number of thiophene rings is 1. The molecule has 38 heavy (non-hydrogen) atoms. The second-order valence-corrected chi connectivity index (χ2v) is 11.7. The molecule has 5 rings (SSSR count).